The lowest BCUT2D eigenvalue weighted by molar-refractivity contribution is -0.129. The third-order valence-electron chi connectivity index (χ3n) is 6.52. The molecule has 0 aromatic heterocycles. The lowest BCUT2D eigenvalue weighted by Gasteiger charge is -2.33. The predicted octanol–water partition coefficient (Wildman–Crippen LogP) is 3.17. The third kappa shape index (κ3) is 5.42. The summed E-state index contributed by atoms with van der Waals surface area (Å²) in [5.74, 6) is -0.406. The maximum Gasteiger partial charge on any atom is 0.255 e. The molecular weight excluding hydrogens is 452 g/mol. The molecule has 2 saturated heterocycles. The monoisotopic (exact) mass is 484 g/mol. The number of para-hydroxylation sites is 2. The normalized spacial score (nSPS) is 17.8. The van der Waals surface area contributed by atoms with Gasteiger partial charge in [0.1, 0.15) is 0 Å². The van der Waals surface area contributed by atoms with E-state index in [4.69, 9.17) is 0 Å². The molecule has 2 aliphatic rings. The van der Waals surface area contributed by atoms with Gasteiger partial charge in [-0.3, -0.25) is 9.59 Å². The number of anilines is 2. The summed E-state index contributed by atoms with van der Waals surface area (Å²) in [6.07, 6.45) is 4.69. The fourth-order valence-corrected chi connectivity index (χ4v) is 6.02. The average molecular weight is 485 g/mol. The smallest absolute Gasteiger partial charge is 0.255 e. The van der Waals surface area contributed by atoms with Gasteiger partial charge in [0, 0.05) is 51.8 Å². The van der Waals surface area contributed by atoms with Crippen LogP contribution in [0.25, 0.3) is 0 Å². The quantitative estimate of drug-likeness (QED) is 0.704. The van der Waals surface area contributed by atoms with Crippen molar-refractivity contribution in [2.75, 3.05) is 49.5 Å². The molecule has 1 N–H and O–H groups in total. The molecule has 182 valence electrons. The van der Waals surface area contributed by atoms with E-state index in [9.17, 15) is 18.0 Å². The van der Waals surface area contributed by atoms with E-state index in [-0.39, 0.29) is 35.4 Å². The second-order valence-electron chi connectivity index (χ2n) is 8.81. The van der Waals surface area contributed by atoms with Crippen LogP contribution in [0.2, 0.25) is 0 Å². The minimum atomic E-state index is -3.76. The second-order valence-corrected chi connectivity index (χ2v) is 10.7. The number of hydrogen-bond acceptors (Lipinski definition) is 5. The van der Waals surface area contributed by atoms with Crippen LogP contribution in [0.4, 0.5) is 11.4 Å². The van der Waals surface area contributed by atoms with Crippen molar-refractivity contribution in [2.24, 2.45) is 0 Å². The van der Waals surface area contributed by atoms with Crippen LogP contribution in [0.3, 0.4) is 0 Å². The molecule has 0 unspecified atom stereocenters. The van der Waals surface area contributed by atoms with Gasteiger partial charge in [0.05, 0.1) is 16.3 Å². The molecule has 9 heteroatoms. The Kier molecular flexibility index (Phi) is 7.53. The van der Waals surface area contributed by atoms with Crippen LogP contribution in [-0.4, -0.2) is 68.7 Å². The van der Waals surface area contributed by atoms with Gasteiger partial charge in [-0.05, 0) is 43.2 Å². The summed E-state index contributed by atoms with van der Waals surface area (Å²) < 4.78 is 27.7. The maximum absolute atomic E-state index is 13.2. The zero-order valence-corrected chi connectivity index (χ0v) is 20.4. The molecule has 2 amide bonds. The Morgan fingerprint density at radius 2 is 1.50 bits per heavy atom. The maximum atomic E-state index is 13.2. The van der Waals surface area contributed by atoms with E-state index in [1.165, 1.54) is 36.2 Å². The molecule has 2 aliphatic heterocycles. The summed E-state index contributed by atoms with van der Waals surface area (Å²) in [6, 6.07) is 13.9. The molecule has 34 heavy (non-hydrogen) atoms. The van der Waals surface area contributed by atoms with E-state index in [0.717, 1.165) is 37.3 Å². The van der Waals surface area contributed by atoms with Gasteiger partial charge in [-0.15, -0.1) is 0 Å². The molecule has 0 aliphatic carbocycles. The number of hydrogen-bond donors (Lipinski definition) is 1. The van der Waals surface area contributed by atoms with Gasteiger partial charge in [0.25, 0.3) is 5.91 Å². The van der Waals surface area contributed by atoms with Crippen LogP contribution in [0.1, 0.15) is 43.0 Å². The Bertz CT molecular complexity index is 1140. The molecular formula is C25H32N4O4S. The van der Waals surface area contributed by atoms with Gasteiger partial charge in [-0.25, -0.2) is 8.42 Å². The Labute approximate surface area is 201 Å². The van der Waals surface area contributed by atoms with Crippen LogP contribution in [0, 0.1) is 0 Å². The predicted molar refractivity (Wildman–Crippen MR) is 133 cm³/mol. The standard InChI is InChI=1S/C25H32N4O4S/c1-20(30)27-15-17-29(18-16-27)34(32,33)22-10-8-9-21(19-22)25(31)26-23-11-4-5-12-24(23)28-13-6-2-3-7-14-28/h4-5,8-12,19H,2-3,6-7,13-18H2,1H3,(H,26,31). The van der Waals surface area contributed by atoms with E-state index < -0.39 is 10.0 Å². The lowest BCUT2D eigenvalue weighted by atomic mass is 10.2. The van der Waals surface area contributed by atoms with Crippen LogP contribution < -0.4 is 10.2 Å². The fourth-order valence-electron chi connectivity index (χ4n) is 4.55. The van der Waals surface area contributed by atoms with Gasteiger partial charge >= 0.3 is 0 Å². The minimum Gasteiger partial charge on any atom is -0.370 e. The molecule has 4 rings (SSSR count). The topological polar surface area (TPSA) is 90.0 Å². The number of carbonyl (C=O) groups excluding carboxylic acids is 2. The molecule has 0 saturated carbocycles. The van der Waals surface area contributed by atoms with Gasteiger partial charge < -0.3 is 15.1 Å². The molecule has 0 spiro atoms. The summed E-state index contributed by atoms with van der Waals surface area (Å²) >= 11 is 0. The molecule has 8 nitrogen and oxygen atoms in total. The molecule has 2 fully saturated rings. The molecule has 2 heterocycles. The first-order valence-corrected chi connectivity index (χ1v) is 13.3. The van der Waals surface area contributed by atoms with Gasteiger partial charge in [0.15, 0.2) is 0 Å². The minimum absolute atomic E-state index is 0.0591. The number of nitrogens with zero attached hydrogens (tertiary/aromatic N) is 3. The van der Waals surface area contributed by atoms with Crippen LogP contribution in [-0.2, 0) is 14.8 Å². The Hall–Kier alpha value is -2.91. The van der Waals surface area contributed by atoms with Crippen molar-refractivity contribution in [3.8, 4) is 0 Å². The van der Waals surface area contributed by atoms with E-state index in [1.807, 2.05) is 24.3 Å². The molecule has 2 aromatic carbocycles. The van der Waals surface area contributed by atoms with Crippen molar-refractivity contribution in [1.29, 1.82) is 0 Å². The number of benzene rings is 2. The van der Waals surface area contributed by atoms with Gasteiger partial charge in [-0.2, -0.15) is 4.31 Å². The average Bonchev–Trinajstić information content (AvgIpc) is 3.14. The number of sulfonamides is 1. The number of amides is 2. The SMILES string of the molecule is CC(=O)N1CCN(S(=O)(=O)c2cccc(C(=O)Nc3ccccc3N3CCCCCC3)c2)CC1. The molecule has 0 radical (unpaired) electrons. The van der Waals surface area contributed by atoms with Crippen LogP contribution >= 0.6 is 0 Å². The Balaban J connectivity index is 1.50. The highest BCUT2D eigenvalue weighted by atomic mass is 32.2. The third-order valence-corrected chi connectivity index (χ3v) is 8.41. The zero-order chi connectivity index (χ0) is 24.1. The molecule has 2 aromatic rings. The lowest BCUT2D eigenvalue weighted by Crippen LogP contribution is -2.49. The van der Waals surface area contributed by atoms with Crippen molar-refractivity contribution in [2.45, 2.75) is 37.5 Å². The van der Waals surface area contributed by atoms with Crippen LogP contribution in [0.15, 0.2) is 53.4 Å². The van der Waals surface area contributed by atoms with Crippen molar-refractivity contribution in [1.82, 2.24) is 9.21 Å². The van der Waals surface area contributed by atoms with E-state index in [1.54, 1.807) is 17.0 Å². The van der Waals surface area contributed by atoms with Crippen LogP contribution in [0.5, 0.6) is 0 Å². The largest absolute Gasteiger partial charge is 0.370 e. The van der Waals surface area contributed by atoms with Crippen molar-refractivity contribution in [3.05, 3.63) is 54.1 Å². The summed E-state index contributed by atoms with van der Waals surface area (Å²) in [6.45, 7) is 4.60. The first-order valence-electron chi connectivity index (χ1n) is 11.9. The summed E-state index contributed by atoms with van der Waals surface area (Å²) in [7, 11) is -3.76. The van der Waals surface area contributed by atoms with E-state index in [2.05, 4.69) is 10.2 Å². The number of carbonyl (C=O) groups is 2. The zero-order valence-electron chi connectivity index (χ0n) is 19.6. The van der Waals surface area contributed by atoms with Crippen molar-refractivity contribution >= 4 is 33.2 Å². The van der Waals surface area contributed by atoms with Crippen molar-refractivity contribution in [3.63, 3.8) is 0 Å². The highest BCUT2D eigenvalue weighted by Crippen LogP contribution is 2.29. The van der Waals surface area contributed by atoms with Gasteiger partial charge in [0.2, 0.25) is 15.9 Å². The molecule has 0 bridgehead atoms. The molecule has 0 atom stereocenters. The Morgan fingerprint density at radius 3 is 2.18 bits per heavy atom. The first kappa shape index (κ1) is 24.2. The highest BCUT2D eigenvalue weighted by Gasteiger charge is 2.29. The van der Waals surface area contributed by atoms with Gasteiger partial charge in [-0.1, -0.05) is 31.0 Å². The van der Waals surface area contributed by atoms with Crippen molar-refractivity contribution < 1.29 is 18.0 Å². The number of rotatable bonds is 5. The number of piperazine rings is 1. The number of nitrogens with one attached hydrogen (secondary N) is 1. The highest BCUT2D eigenvalue weighted by molar-refractivity contribution is 7.89. The summed E-state index contributed by atoms with van der Waals surface area (Å²) in [5, 5.41) is 2.99. The summed E-state index contributed by atoms with van der Waals surface area (Å²) in [5.41, 5.74) is 2.00. The fraction of sp³-hybridized carbons (Fsp3) is 0.440. The second kappa shape index (κ2) is 10.6. The summed E-state index contributed by atoms with van der Waals surface area (Å²) in [4.78, 5) is 28.7. The first-order chi connectivity index (χ1) is 16.4. The van der Waals surface area contributed by atoms with E-state index in [0.29, 0.717) is 13.1 Å². The Morgan fingerprint density at radius 1 is 0.824 bits per heavy atom. The van der Waals surface area contributed by atoms with E-state index >= 15 is 0 Å².